The number of rotatable bonds is 8. The van der Waals surface area contributed by atoms with E-state index in [2.05, 4.69) is 8.37 Å². The normalized spacial score (nSPS) is 53.6. The van der Waals surface area contributed by atoms with Gasteiger partial charge in [-0.3, -0.25) is 4.74 Å². The SMILES string of the molecule is O=S1(=O)O[C@@]2(O[C@]3(CO)O[C@H](CO)[C@H](O)[C@@H]3O[C@H]3O[C@H](CO)[C@@H](O)[C@H](O)[C@H]3O)O[C@H](CO)[C@@H](O)[C@H](O)[C@@]2(O)O1. The highest BCUT2D eigenvalue weighted by Crippen LogP contribution is 2.52. The third kappa shape index (κ3) is 4.89. The van der Waals surface area contributed by atoms with Crippen LogP contribution in [0.15, 0.2) is 0 Å². The smallest absolute Gasteiger partial charge is 0.394 e. The first kappa shape index (κ1) is 31.2. The molecule has 4 heterocycles. The molecule has 0 spiro atoms. The Kier molecular flexibility index (Phi) is 8.64. The Balaban J connectivity index is 1.75. The second-order valence-corrected chi connectivity index (χ2v) is 10.4. The molecule has 0 aromatic rings. The van der Waals surface area contributed by atoms with Crippen LogP contribution in [0.1, 0.15) is 0 Å². The van der Waals surface area contributed by atoms with Crippen molar-refractivity contribution in [3.05, 3.63) is 0 Å². The van der Waals surface area contributed by atoms with Gasteiger partial charge in [0.15, 0.2) is 6.29 Å². The number of fused-ring (bicyclic) bond motifs is 1. The van der Waals surface area contributed by atoms with Gasteiger partial charge in [-0.2, -0.15) is 12.6 Å². The summed E-state index contributed by atoms with van der Waals surface area (Å²) >= 11 is 0. The topological polar surface area (TPSA) is 321 Å². The van der Waals surface area contributed by atoms with Gasteiger partial charge in [0.1, 0.15) is 67.6 Å². The molecule has 0 aromatic heterocycles. The molecule has 0 unspecified atom stereocenters. The number of hydrogen-bond donors (Lipinski definition) is 11. The number of hydrogen-bond acceptors (Lipinski definition) is 20. The Morgan fingerprint density at radius 3 is 1.87 bits per heavy atom. The minimum atomic E-state index is -5.32. The van der Waals surface area contributed by atoms with E-state index in [9.17, 15) is 64.6 Å². The van der Waals surface area contributed by atoms with Crippen LogP contribution >= 0.6 is 0 Å². The molecular formula is C18H30O20S. The molecule has 4 aliphatic heterocycles. The zero-order valence-electron chi connectivity index (χ0n) is 19.7. The van der Waals surface area contributed by atoms with Gasteiger partial charge >= 0.3 is 16.4 Å². The fourth-order valence-electron chi connectivity index (χ4n) is 4.69. The van der Waals surface area contributed by atoms with Crippen molar-refractivity contribution in [2.24, 2.45) is 0 Å². The average Bonchev–Trinajstić information content (AvgIpc) is 3.27. The number of aliphatic hydroxyl groups excluding tert-OH is 10. The molecule has 0 aliphatic carbocycles. The van der Waals surface area contributed by atoms with Crippen molar-refractivity contribution in [3.8, 4) is 0 Å². The van der Waals surface area contributed by atoms with Crippen molar-refractivity contribution in [2.45, 2.75) is 84.9 Å². The Labute approximate surface area is 218 Å². The van der Waals surface area contributed by atoms with Crippen molar-refractivity contribution in [1.82, 2.24) is 0 Å². The Hall–Kier alpha value is -0.770. The molecule has 0 amide bonds. The molecule has 4 aliphatic rings. The van der Waals surface area contributed by atoms with Gasteiger partial charge in [0.05, 0.1) is 19.8 Å². The van der Waals surface area contributed by atoms with E-state index < -0.39 is 122 Å². The summed E-state index contributed by atoms with van der Waals surface area (Å²) in [5.41, 5.74) is 0. The van der Waals surface area contributed by atoms with Gasteiger partial charge in [0, 0.05) is 0 Å². The molecule has 39 heavy (non-hydrogen) atoms. The maximum absolute atomic E-state index is 12.2. The third-order valence-electron chi connectivity index (χ3n) is 6.78. The fraction of sp³-hybridized carbons (Fsp3) is 1.00. The van der Waals surface area contributed by atoms with Crippen molar-refractivity contribution in [3.63, 3.8) is 0 Å². The van der Waals surface area contributed by atoms with E-state index in [1.54, 1.807) is 0 Å². The number of ether oxygens (including phenoxy) is 5. The monoisotopic (exact) mass is 598 g/mol. The lowest BCUT2D eigenvalue weighted by molar-refractivity contribution is -0.528. The molecule has 20 nitrogen and oxygen atoms in total. The first-order chi connectivity index (χ1) is 18.1. The van der Waals surface area contributed by atoms with E-state index in [1.807, 2.05) is 0 Å². The first-order valence-corrected chi connectivity index (χ1v) is 12.7. The molecule has 0 saturated carbocycles. The van der Waals surface area contributed by atoms with Gasteiger partial charge in [-0.05, 0) is 0 Å². The van der Waals surface area contributed by atoms with Crippen molar-refractivity contribution in [1.29, 1.82) is 0 Å². The van der Waals surface area contributed by atoms with Crippen LogP contribution in [0.25, 0.3) is 0 Å². The van der Waals surface area contributed by atoms with Crippen molar-refractivity contribution in [2.75, 3.05) is 26.4 Å². The molecule has 21 heteroatoms. The predicted octanol–water partition coefficient (Wildman–Crippen LogP) is -8.62. The quantitative estimate of drug-likeness (QED) is 0.123. The summed E-state index contributed by atoms with van der Waals surface area (Å²) in [6.07, 6.45) is -22.0. The molecule has 11 N–H and O–H groups in total. The van der Waals surface area contributed by atoms with Crippen LogP contribution in [0.3, 0.4) is 0 Å². The van der Waals surface area contributed by atoms with Crippen molar-refractivity contribution >= 4 is 10.4 Å². The van der Waals surface area contributed by atoms with Crippen LogP contribution in [0, 0.1) is 0 Å². The van der Waals surface area contributed by atoms with Crippen molar-refractivity contribution < 1.29 is 96.6 Å². The molecule has 4 fully saturated rings. The summed E-state index contributed by atoms with van der Waals surface area (Å²) in [6, 6.07) is 0. The molecular weight excluding hydrogens is 568 g/mol. The van der Waals surface area contributed by atoms with Crippen LogP contribution in [0.5, 0.6) is 0 Å². The van der Waals surface area contributed by atoms with Gasteiger partial charge in [-0.1, -0.05) is 0 Å². The van der Waals surface area contributed by atoms with Gasteiger partial charge in [0.2, 0.25) is 5.79 Å². The van der Waals surface area contributed by atoms with Crippen LogP contribution in [0.2, 0.25) is 0 Å². The minimum absolute atomic E-state index is 0.884. The summed E-state index contributed by atoms with van der Waals surface area (Å²) in [7, 11) is -5.32. The van der Waals surface area contributed by atoms with E-state index in [4.69, 9.17) is 23.7 Å². The molecule has 4 saturated heterocycles. The lowest BCUT2D eigenvalue weighted by Crippen LogP contribution is -2.75. The molecule has 14 atom stereocenters. The number of aliphatic hydroxyl groups is 11. The van der Waals surface area contributed by atoms with E-state index in [1.165, 1.54) is 0 Å². The minimum Gasteiger partial charge on any atom is -0.394 e. The van der Waals surface area contributed by atoms with Crippen LogP contribution in [0.4, 0.5) is 0 Å². The highest BCUT2D eigenvalue weighted by atomic mass is 32.3. The van der Waals surface area contributed by atoms with Crippen LogP contribution in [-0.4, -0.2) is 176 Å². The van der Waals surface area contributed by atoms with E-state index in [0.29, 0.717) is 0 Å². The largest absolute Gasteiger partial charge is 0.407 e. The fourth-order valence-corrected chi connectivity index (χ4v) is 5.69. The second-order valence-electron chi connectivity index (χ2n) is 9.26. The third-order valence-corrected chi connectivity index (χ3v) is 7.67. The Bertz CT molecular complexity index is 982. The predicted molar refractivity (Wildman–Crippen MR) is 110 cm³/mol. The standard InChI is InChI=1S/C18H30O20S/c19-1-5-8(23)11(26)12(27)15(32-5)33-14-10(25)7(3-21)34-16(14,4-22)36-18-17(29,37-39(30,31)38-18)13(28)9(24)6(2-20)35-18/h5-15,19-29H,1-4H2/t5-,6-,7-,8-,9-,10+,11+,12-,13+,14+,15-,16+,17-,18-/m1/s1. The van der Waals surface area contributed by atoms with Crippen LogP contribution in [-0.2, 0) is 42.4 Å². The second kappa shape index (κ2) is 10.8. The first-order valence-electron chi connectivity index (χ1n) is 11.4. The molecule has 0 aromatic carbocycles. The Morgan fingerprint density at radius 1 is 0.718 bits per heavy atom. The highest BCUT2D eigenvalue weighted by Gasteiger charge is 2.79. The molecule has 228 valence electrons. The summed E-state index contributed by atoms with van der Waals surface area (Å²) in [6.45, 7) is -4.46. The zero-order valence-corrected chi connectivity index (χ0v) is 20.5. The van der Waals surface area contributed by atoms with Gasteiger partial charge < -0.3 is 75.1 Å². The van der Waals surface area contributed by atoms with Gasteiger partial charge in [-0.15, -0.1) is 0 Å². The maximum Gasteiger partial charge on any atom is 0.407 e. The summed E-state index contributed by atoms with van der Waals surface area (Å²) in [5.74, 6) is -10.2. The lowest BCUT2D eigenvalue weighted by atomic mass is 9.94. The van der Waals surface area contributed by atoms with Gasteiger partial charge in [0.25, 0.3) is 5.79 Å². The summed E-state index contributed by atoms with van der Waals surface area (Å²) in [4.78, 5) is 0. The van der Waals surface area contributed by atoms with Gasteiger partial charge in [-0.25, -0.2) is 4.18 Å². The Morgan fingerprint density at radius 2 is 1.31 bits per heavy atom. The molecule has 0 radical (unpaired) electrons. The van der Waals surface area contributed by atoms with Crippen LogP contribution < -0.4 is 0 Å². The maximum atomic E-state index is 12.2. The van der Waals surface area contributed by atoms with E-state index in [0.717, 1.165) is 0 Å². The lowest BCUT2D eigenvalue weighted by Gasteiger charge is -2.50. The zero-order chi connectivity index (χ0) is 29.1. The highest BCUT2D eigenvalue weighted by molar-refractivity contribution is 7.82. The van der Waals surface area contributed by atoms with E-state index in [-0.39, 0.29) is 0 Å². The molecule has 0 bridgehead atoms. The van der Waals surface area contributed by atoms with E-state index >= 15 is 0 Å². The molecule has 4 rings (SSSR count). The summed E-state index contributed by atoms with van der Waals surface area (Å²) in [5, 5.41) is 112. The summed E-state index contributed by atoms with van der Waals surface area (Å²) < 4.78 is 60.0. The average molecular weight is 598 g/mol.